The third-order valence-electron chi connectivity index (χ3n) is 11.4. The van der Waals surface area contributed by atoms with Gasteiger partial charge in [-0.2, -0.15) is 0 Å². The van der Waals surface area contributed by atoms with Crippen LogP contribution in [0.2, 0.25) is 34.5 Å². The molecule has 0 saturated carbocycles. The van der Waals surface area contributed by atoms with E-state index in [4.69, 9.17) is 9.40 Å². The molecule has 0 aliphatic rings. The van der Waals surface area contributed by atoms with Crippen molar-refractivity contribution < 1.29 is 24.5 Å². The van der Waals surface area contributed by atoms with Crippen LogP contribution in [0.3, 0.4) is 0 Å². The van der Waals surface area contributed by atoms with Gasteiger partial charge < -0.3 is 0 Å². The molecule has 0 amide bonds. The Labute approximate surface area is 380 Å². The van der Waals surface area contributed by atoms with Crippen molar-refractivity contribution in [1.82, 2.24) is 14.5 Å². The fourth-order valence-corrected chi connectivity index (χ4v) is 12.8. The van der Waals surface area contributed by atoms with E-state index in [0.717, 1.165) is 55.6 Å². The topological polar surface area (TPSA) is 43.9 Å². The summed E-state index contributed by atoms with van der Waals surface area (Å²) in [5.74, 6) is 16.0. The molecule has 9 aromatic rings. The molecule has 0 aliphatic heterocycles. The summed E-state index contributed by atoms with van der Waals surface area (Å²) in [6.07, 6.45) is 1.92. The fraction of sp³-hybridized carbons (Fsp3) is 0.222. The third kappa shape index (κ3) is 9.32. The van der Waals surface area contributed by atoms with Gasteiger partial charge in [-0.3, -0.25) is 0 Å². The van der Waals surface area contributed by atoms with Gasteiger partial charge in [0, 0.05) is 20.1 Å². The molecule has 7 heteroatoms. The van der Waals surface area contributed by atoms with E-state index in [1.165, 1.54) is 36.7 Å². The van der Waals surface area contributed by atoms with Crippen LogP contribution in [-0.4, -0.2) is 41.1 Å². The number of rotatable bonds is 8. The van der Waals surface area contributed by atoms with Crippen molar-refractivity contribution in [2.75, 3.05) is 0 Å². The van der Waals surface area contributed by atoms with Gasteiger partial charge >= 0.3 is 295 Å². The van der Waals surface area contributed by atoms with Gasteiger partial charge in [0.1, 0.15) is 0 Å². The average molecular weight is 1100 g/mol. The van der Waals surface area contributed by atoms with Crippen LogP contribution in [0.15, 0.2) is 144 Å². The molecule has 0 N–H and O–H groups in total. The first-order valence-corrected chi connectivity index (χ1v) is 35.9. The quantitative estimate of drug-likeness (QED) is 0.112. The van der Waals surface area contributed by atoms with Crippen LogP contribution >= 0.6 is 0 Å². The van der Waals surface area contributed by atoms with Gasteiger partial charge in [-0.05, 0) is 11.1 Å². The Morgan fingerprint density at radius 3 is 1.90 bits per heavy atom. The maximum Gasteiger partial charge on any atom is 0 e. The number of benzene rings is 6. The minimum Gasteiger partial charge on any atom is 0 e. The van der Waals surface area contributed by atoms with Crippen LogP contribution in [-0.2, 0) is 20.1 Å². The summed E-state index contributed by atoms with van der Waals surface area (Å²) in [6, 6.07) is 54.2. The van der Waals surface area contributed by atoms with Crippen molar-refractivity contribution >= 4 is 68.3 Å². The van der Waals surface area contributed by atoms with Crippen molar-refractivity contribution in [3.8, 4) is 39.5 Å². The van der Waals surface area contributed by atoms with E-state index in [-0.39, 0.29) is 20.1 Å². The normalized spacial score (nSPS) is 11.9. The number of para-hydroxylation sites is 2. The second-order valence-electron chi connectivity index (χ2n) is 18.6. The summed E-state index contributed by atoms with van der Waals surface area (Å²) in [6.45, 7) is 9.17. The molecule has 0 unspecified atom stereocenters. The fourth-order valence-electron chi connectivity index (χ4n) is 7.96. The zero-order valence-electron chi connectivity index (χ0n) is 37.0. The van der Waals surface area contributed by atoms with E-state index in [1.807, 2.05) is 30.5 Å². The average Bonchev–Trinajstić information content (AvgIpc) is 3.81. The zero-order chi connectivity index (χ0) is 42.3. The Morgan fingerprint density at radius 1 is 0.590 bits per heavy atom. The monoisotopic (exact) mass is 1100 g/mol. The number of fused-ring (bicyclic) bond motifs is 4. The first kappa shape index (κ1) is 44.5. The van der Waals surface area contributed by atoms with E-state index in [2.05, 4.69) is 193 Å². The van der Waals surface area contributed by atoms with Crippen molar-refractivity contribution in [3.63, 3.8) is 0 Å². The predicted octanol–water partition coefficient (Wildman–Crippen LogP) is 13.9. The Morgan fingerprint density at radius 2 is 1.25 bits per heavy atom. The SMILES string of the molecule is CC(C)c1cc(-c2ccccc2)cc(C(C)C)c1-n1c(-c2[c-]cc3oc4c[c]([Ge]([CH3])([CH3])[CH3])ccc4c3c2)nc2ccccc21.[CH3][Ge]([CH3])([CH3])[c]1ccnc(-c2[c-]cccc2)c1.[Ir]. The molecular formula is C54H55Ge2IrN3O-2. The molecule has 0 spiro atoms. The van der Waals surface area contributed by atoms with E-state index in [1.54, 1.807) is 0 Å². The van der Waals surface area contributed by atoms with Gasteiger partial charge in [-0.15, -0.1) is 0 Å². The number of aromatic nitrogens is 3. The van der Waals surface area contributed by atoms with Gasteiger partial charge in [-0.1, -0.05) is 58.0 Å². The third-order valence-corrected chi connectivity index (χ3v) is 20.0. The largest absolute Gasteiger partial charge is 0 e. The van der Waals surface area contributed by atoms with E-state index in [0.29, 0.717) is 11.8 Å². The van der Waals surface area contributed by atoms with E-state index < -0.39 is 26.5 Å². The standard InChI is InChI=1S/C40H39GeN2O.C14H16GeN.Ir/c1-25(2)32-22-29(27-13-9-8-10-14-27)23-33(26(3)4)39(32)43-36-16-12-11-15-35(36)42-40(43)28-17-20-37-34(21-28)31-19-18-30(41(5,6)7)24-38(31)44-37;1-15(2,3)13-9-10-16-14(11-13)12-7-5-4-6-8-12;/h8-16,18-26H,1-7H3;4-7,9-11H,1-3H3;/q2*-1;. The Hall–Kier alpha value is -4.52. The second kappa shape index (κ2) is 18.1. The maximum absolute atomic E-state index is 6.38. The van der Waals surface area contributed by atoms with E-state index >= 15 is 0 Å². The molecule has 1 radical (unpaired) electrons. The van der Waals surface area contributed by atoms with Crippen molar-refractivity contribution in [2.24, 2.45) is 0 Å². The molecule has 0 aliphatic carbocycles. The second-order valence-corrected chi connectivity index (χ2v) is 39.9. The zero-order valence-corrected chi connectivity index (χ0v) is 43.6. The number of pyridine rings is 1. The summed E-state index contributed by atoms with van der Waals surface area (Å²) in [4.78, 5) is 9.69. The van der Waals surface area contributed by atoms with Gasteiger partial charge in [0.15, 0.2) is 0 Å². The van der Waals surface area contributed by atoms with Crippen molar-refractivity contribution in [2.45, 2.75) is 74.1 Å². The minimum atomic E-state index is -1.99. The van der Waals surface area contributed by atoms with Crippen LogP contribution in [0.5, 0.6) is 0 Å². The van der Waals surface area contributed by atoms with Crippen LogP contribution in [0.1, 0.15) is 50.7 Å². The van der Waals surface area contributed by atoms with Crippen molar-refractivity contribution in [3.05, 3.63) is 163 Å². The van der Waals surface area contributed by atoms with E-state index in [9.17, 15) is 0 Å². The molecule has 3 heterocycles. The Bertz CT molecular complexity index is 2930. The van der Waals surface area contributed by atoms with Crippen molar-refractivity contribution in [1.29, 1.82) is 0 Å². The Balaban J connectivity index is 0.000000278. The maximum atomic E-state index is 6.38. The summed E-state index contributed by atoms with van der Waals surface area (Å²) in [7, 11) is 0. The van der Waals surface area contributed by atoms with Gasteiger partial charge in [0.2, 0.25) is 0 Å². The molecule has 0 saturated heterocycles. The van der Waals surface area contributed by atoms with Gasteiger partial charge in [0.05, 0.1) is 0 Å². The first-order chi connectivity index (χ1) is 28.7. The first-order valence-electron chi connectivity index (χ1n) is 21.2. The van der Waals surface area contributed by atoms with Gasteiger partial charge in [-0.25, -0.2) is 0 Å². The number of imidazole rings is 1. The van der Waals surface area contributed by atoms with Crippen LogP contribution in [0.25, 0.3) is 72.4 Å². The molecule has 61 heavy (non-hydrogen) atoms. The summed E-state index contributed by atoms with van der Waals surface area (Å²) in [5.41, 5.74) is 13.3. The predicted molar refractivity (Wildman–Crippen MR) is 261 cm³/mol. The molecule has 311 valence electrons. The molecule has 9 rings (SSSR count). The molecule has 0 atom stereocenters. The van der Waals surface area contributed by atoms with Crippen LogP contribution in [0.4, 0.5) is 0 Å². The molecule has 4 nitrogen and oxygen atoms in total. The molecule has 3 aromatic heterocycles. The Kier molecular flexibility index (Phi) is 13.2. The number of nitrogens with zero attached hydrogens (tertiary/aromatic N) is 3. The van der Waals surface area contributed by atoms with Gasteiger partial charge in [0.25, 0.3) is 0 Å². The summed E-state index contributed by atoms with van der Waals surface area (Å²) < 4.78 is 11.7. The smallest absolute Gasteiger partial charge is 0 e. The van der Waals surface area contributed by atoms with Crippen LogP contribution < -0.4 is 8.79 Å². The molecule has 0 fully saturated rings. The number of furan rings is 1. The van der Waals surface area contributed by atoms with Crippen LogP contribution in [0, 0.1) is 12.1 Å². The molecule has 6 aromatic carbocycles. The molecule has 0 bridgehead atoms. The number of hydrogen-bond acceptors (Lipinski definition) is 3. The summed E-state index contributed by atoms with van der Waals surface area (Å²) in [5, 5.41) is 2.25. The number of hydrogen-bond donors (Lipinski definition) is 0. The molecular weight excluding hydrogens is 1040 g/mol. The minimum absolute atomic E-state index is 0. The summed E-state index contributed by atoms with van der Waals surface area (Å²) >= 11 is -3.74.